The van der Waals surface area contributed by atoms with Crippen molar-refractivity contribution in [3.8, 4) is 0 Å². The molecule has 0 amide bonds. The SMILES string of the molecule is C[C@H](C(=O)O)n1nc(C2CC2)cc1C1CC1. The normalized spacial score (nSPS) is 22.1. The lowest BCUT2D eigenvalue weighted by Crippen LogP contribution is -2.18. The van der Waals surface area contributed by atoms with E-state index in [-0.39, 0.29) is 0 Å². The van der Waals surface area contributed by atoms with Crippen molar-refractivity contribution in [3.63, 3.8) is 0 Å². The van der Waals surface area contributed by atoms with E-state index in [4.69, 9.17) is 5.11 Å². The second kappa shape index (κ2) is 3.34. The maximum absolute atomic E-state index is 11.0. The molecule has 3 rings (SSSR count). The van der Waals surface area contributed by atoms with E-state index in [0.29, 0.717) is 11.8 Å². The van der Waals surface area contributed by atoms with Crippen molar-refractivity contribution >= 4 is 5.97 Å². The maximum atomic E-state index is 11.0. The number of carboxylic acids is 1. The lowest BCUT2D eigenvalue weighted by atomic mass is 10.2. The Bertz CT molecular complexity index is 430. The Kier molecular flexibility index (Phi) is 2.06. The van der Waals surface area contributed by atoms with E-state index in [1.54, 1.807) is 11.6 Å². The summed E-state index contributed by atoms with van der Waals surface area (Å²) in [6, 6.07) is 1.59. The van der Waals surface area contributed by atoms with Crippen molar-refractivity contribution in [3.05, 3.63) is 17.5 Å². The van der Waals surface area contributed by atoms with E-state index in [1.165, 1.54) is 25.7 Å². The van der Waals surface area contributed by atoms with Crippen LogP contribution in [0.15, 0.2) is 6.07 Å². The van der Waals surface area contributed by atoms with Crippen molar-refractivity contribution in [1.82, 2.24) is 9.78 Å². The molecule has 16 heavy (non-hydrogen) atoms. The van der Waals surface area contributed by atoms with Gasteiger partial charge in [-0.1, -0.05) is 0 Å². The average Bonchev–Trinajstić information content (AvgIpc) is 3.14. The van der Waals surface area contributed by atoms with E-state index in [0.717, 1.165) is 11.4 Å². The standard InChI is InChI=1S/C12H16N2O2/c1-7(12(15)16)14-11(9-4-5-9)6-10(13-14)8-2-3-8/h6-9H,2-5H2,1H3,(H,15,16)/t7-/m1/s1. The number of nitrogens with zero attached hydrogens (tertiary/aromatic N) is 2. The second-order valence-electron chi connectivity index (χ2n) is 5.00. The molecule has 4 nitrogen and oxygen atoms in total. The van der Waals surface area contributed by atoms with Crippen molar-refractivity contribution in [2.45, 2.75) is 50.5 Å². The van der Waals surface area contributed by atoms with Crippen LogP contribution >= 0.6 is 0 Å². The number of aliphatic carboxylic acids is 1. The number of hydrogen-bond donors (Lipinski definition) is 1. The van der Waals surface area contributed by atoms with Gasteiger partial charge in [-0.05, 0) is 38.7 Å². The Morgan fingerprint density at radius 3 is 2.56 bits per heavy atom. The van der Waals surface area contributed by atoms with Crippen molar-refractivity contribution < 1.29 is 9.90 Å². The molecule has 86 valence electrons. The molecule has 2 fully saturated rings. The monoisotopic (exact) mass is 220 g/mol. The summed E-state index contributed by atoms with van der Waals surface area (Å²) >= 11 is 0. The Labute approximate surface area is 94.3 Å². The van der Waals surface area contributed by atoms with E-state index in [9.17, 15) is 4.79 Å². The minimum atomic E-state index is -0.799. The van der Waals surface area contributed by atoms with Gasteiger partial charge in [-0.15, -0.1) is 0 Å². The Balaban J connectivity index is 1.96. The lowest BCUT2D eigenvalue weighted by molar-refractivity contribution is -0.140. The van der Waals surface area contributed by atoms with E-state index < -0.39 is 12.0 Å². The smallest absolute Gasteiger partial charge is 0.328 e. The van der Waals surface area contributed by atoms with E-state index >= 15 is 0 Å². The maximum Gasteiger partial charge on any atom is 0.328 e. The average molecular weight is 220 g/mol. The molecule has 1 atom stereocenters. The van der Waals surface area contributed by atoms with Gasteiger partial charge in [-0.25, -0.2) is 4.79 Å². The van der Waals surface area contributed by atoms with Crippen LogP contribution in [0.5, 0.6) is 0 Å². The first kappa shape index (κ1) is 9.87. The number of hydrogen-bond acceptors (Lipinski definition) is 2. The highest BCUT2D eigenvalue weighted by molar-refractivity contribution is 5.71. The topological polar surface area (TPSA) is 55.1 Å². The fourth-order valence-electron chi connectivity index (χ4n) is 2.11. The van der Waals surface area contributed by atoms with Gasteiger partial charge in [-0.2, -0.15) is 5.10 Å². The Hall–Kier alpha value is -1.32. The molecule has 2 saturated carbocycles. The highest BCUT2D eigenvalue weighted by Crippen LogP contribution is 2.45. The van der Waals surface area contributed by atoms with Crippen LogP contribution in [0.1, 0.15) is 61.9 Å². The first-order chi connectivity index (χ1) is 7.66. The highest BCUT2D eigenvalue weighted by Gasteiger charge is 2.34. The molecule has 1 heterocycles. The van der Waals surface area contributed by atoms with Crippen LogP contribution in [0.2, 0.25) is 0 Å². The van der Waals surface area contributed by atoms with Crippen LogP contribution in [-0.2, 0) is 4.79 Å². The summed E-state index contributed by atoms with van der Waals surface area (Å²) in [5.74, 6) is 0.355. The molecule has 0 aromatic carbocycles. The van der Waals surface area contributed by atoms with Gasteiger partial charge in [0.2, 0.25) is 0 Å². The van der Waals surface area contributed by atoms with Crippen LogP contribution in [-0.4, -0.2) is 20.9 Å². The van der Waals surface area contributed by atoms with Crippen molar-refractivity contribution in [2.24, 2.45) is 0 Å². The van der Waals surface area contributed by atoms with Gasteiger partial charge in [0.15, 0.2) is 0 Å². The Morgan fingerprint density at radius 2 is 2.06 bits per heavy atom. The van der Waals surface area contributed by atoms with E-state index in [2.05, 4.69) is 11.2 Å². The zero-order valence-electron chi connectivity index (χ0n) is 9.39. The van der Waals surface area contributed by atoms with Gasteiger partial charge < -0.3 is 5.11 Å². The molecule has 2 aliphatic carbocycles. The summed E-state index contributed by atoms with van der Waals surface area (Å²) in [7, 11) is 0. The summed E-state index contributed by atoms with van der Waals surface area (Å²) in [5, 5.41) is 13.6. The van der Waals surface area contributed by atoms with Crippen LogP contribution in [0.4, 0.5) is 0 Å². The van der Waals surface area contributed by atoms with Gasteiger partial charge in [-0.3, -0.25) is 4.68 Å². The summed E-state index contributed by atoms with van der Waals surface area (Å²) in [5.41, 5.74) is 2.24. The third-order valence-corrected chi connectivity index (χ3v) is 3.50. The molecule has 1 aromatic rings. The molecule has 0 unspecified atom stereocenters. The molecule has 0 radical (unpaired) electrons. The van der Waals surface area contributed by atoms with Crippen molar-refractivity contribution in [1.29, 1.82) is 0 Å². The first-order valence-corrected chi connectivity index (χ1v) is 5.99. The van der Waals surface area contributed by atoms with Crippen molar-refractivity contribution in [2.75, 3.05) is 0 Å². The molecule has 2 aliphatic rings. The summed E-state index contributed by atoms with van der Waals surface area (Å²) in [6.07, 6.45) is 4.79. The summed E-state index contributed by atoms with van der Waals surface area (Å²) < 4.78 is 1.73. The molecule has 1 aromatic heterocycles. The zero-order chi connectivity index (χ0) is 11.3. The van der Waals surface area contributed by atoms with Gasteiger partial charge in [0.1, 0.15) is 6.04 Å². The number of carbonyl (C=O) groups is 1. The predicted molar refractivity (Wildman–Crippen MR) is 58.5 cm³/mol. The largest absolute Gasteiger partial charge is 0.480 e. The molecule has 0 spiro atoms. The third kappa shape index (κ3) is 1.62. The predicted octanol–water partition coefficient (Wildman–Crippen LogP) is 2.28. The molecule has 0 saturated heterocycles. The molecule has 0 aliphatic heterocycles. The van der Waals surface area contributed by atoms with Gasteiger partial charge in [0.25, 0.3) is 0 Å². The van der Waals surface area contributed by atoms with Crippen LogP contribution < -0.4 is 0 Å². The number of aromatic nitrogens is 2. The second-order valence-corrected chi connectivity index (χ2v) is 5.00. The van der Waals surface area contributed by atoms with Gasteiger partial charge >= 0.3 is 5.97 Å². The number of carboxylic acid groups (broad SMARTS) is 1. The number of rotatable bonds is 4. The summed E-state index contributed by atoms with van der Waals surface area (Å²) in [6.45, 7) is 1.71. The third-order valence-electron chi connectivity index (χ3n) is 3.50. The fourth-order valence-corrected chi connectivity index (χ4v) is 2.11. The zero-order valence-corrected chi connectivity index (χ0v) is 9.39. The molecule has 0 bridgehead atoms. The van der Waals surface area contributed by atoms with Gasteiger partial charge in [0.05, 0.1) is 5.69 Å². The highest BCUT2D eigenvalue weighted by atomic mass is 16.4. The van der Waals surface area contributed by atoms with Crippen LogP contribution in [0.3, 0.4) is 0 Å². The summed E-state index contributed by atoms with van der Waals surface area (Å²) in [4.78, 5) is 11.0. The Morgan fingerprint density at radius 1 is 1.44 bits per heavy atom. The van der Waals surface area contributed by atoms with E-state index in [1.807, 2.05) is 0 Å². The minimum absolute atomic E-state index is 0.539. The fraction of sp³-hybridized carbons (Fsp3) is 0.667. The quantitative estimate of drug-likeness (QED) is 0.846. The molecular weight excluding hydrogens is 204 g/mol. The lowest BCUT2D eigenvalue weighted by Gasteiger charge is -2.10. The molecule has 4 heteroatoms. The molecule has 1 N–H and O–H groups in total. The first-order valence-electron chi connectivity index (χ1n) is 5.99. The van der Waals surface area contributed by atoms with Crippen LogP contribution in [0.25, 0.3) is 0 Å². The van der Waals surface area contributed by atoms with Crippen LogP contribution in [0, 0.1) is 0 Å². The van der Waals surface area contributed by atoms with Gasteiger partial charge in [0, 0.05) is 17.5 Å². The minimum Gasteiger partial charge on any atom is -0.480 e. The molecular formula is C12H16N2O2.